The summed E-state index contributed by atoms with van der Waals surface area (Å²) in [6, 6.07) is 9.39. The molecular weight excluding hydrogens is 446 g/mol. The molecule has 0 aromatic heterocycles. The molecule has 3 unspecified atom stereocenters. The second kappa shape index (κ2) is 11.0. The van der Waals surface area contributed by atoms with Gasteiger partial charge in [-0.15, -0.1) is 0 Å². The maximum atomic E-state index is 6.20. The van der Waals surface area contributed by atoms with E-state index in [0.29, 0.717) is 10.3 Å². The molecule has 5 nitrogen and oxygen atoms in total. The van der Waals surface area contributed by atoms with Crippen molar-refractivity contribution in [2.75, 3.05) is 42.1 Å². The van der Waals surface area contributed by atoms with Crippen molar-refractivity contribution < 1.29 is 0 Å². The number of hydrogen-bond acceptors (Lipinski definition) is 4. The Morgan fingerprint density at radius 1 is 1.00 bits per heavy atom. The summed E-state index contributed by atoms with van der Waals surface area (Å²) in [5, 5.41) is 4.28. The van der Waals surface area contributed by atoms with Crippen LogP contribution in [0.5, 0.6) is 0 Å². The van der Waals surface area contributed by atoms with Crippen LogP contribution in [0.15, 0.2) is 29.3 Å². The summed E-state index contributed by atoms with van der Waals surface area (Å²) in [5.74, 6) is 3.84. The first-order valence-electron chi connectivity index (χ1n) is 13.0. The summed E-state index contributed by atoms with van der Waals surface area (Å²) in [6.07, 6.45) is 12.3. The van der Waals surface area contributed by atoms with Gasteiger partial charge in [0.15, 0.2) is 10.3 Å². The highest BCUT2D eigenvalue weighted by atomic mass is 32.2. The first-order valence-corrected chi connectivity index (χ1v) is 14.4. The quantitative estimate of drug-likeness (QED) is 0.334. The van der Waals surface area contributed by atoms with Gasteiger partial charge in [0.2, 0.25) is 0 Å². The number of nitrogens with two attached hydrogens (primary N) is 1. The minimum absolute atomic E-state index is 0.448. The van der Waals surface area contributed by atoms with E-state index in [1.807, 2.05) is 0 Å². The van der Waals surface area contributed by atoms with Crippen LogP contribution < -0.4 is 16.0 Å². The third-order valence-corrected chi connectivity index (χ3v) is 9.42. The van der Waals surface area contributed by atoms with Gasteiger partial charge in [0.05, 0.1) is 0 Å². The zero-order valence-corrected chi connectivity index (χ0v) is 21.4. The number of fused-ring (bicyclic) bond motifs is 1. The maximum Gasteiger partial charge on any atom is 0.199 e. The van der Waals surface area contributed by atoms with Crippen molar-refractivity contribution in [1.82, 2.24) is 4.90 Å². The van der Waals surface area contributed by atoms with Crippen LogP contribution in [0.25, 0.3) is 0 Å². The number of thioether (sulfide) groups is 1. The van der Waals surface area contributed by atoms with E-state index in [4.69, 9.17) is 18.0 Å². The van der Waals surface area contributed by atoms with Gasteiger partial charge in [0.25, 0.3) is 0 Å². The van der Waals surface area contributed by atoms with Gasteiger partial charge in [-0.05, 0) is 106 Å². The standard InChI is InChI=1S/C26H39N5S2/c27-25(33-18-20-6-2-1-5-19-17-24(19)20)29-26(32)28-21-7-9-22(10-8-21)31-15-11-23(12-16-31)30-13-3-4-14-30/h7-10,19-20,23-24H,1-6,11-18H2,(H3,27,28,29,32). The predicted molar refractivity (Wildman–Crippen MR) is 146 cm³/mol. The molecule has 2 aliphatic heterocycles. The molecule has 1 aromatic carbocycles. The van der Waals surface area contributed by atoms with Gasteiger partial charge >= 0.3 is 0 Å². The molecule has 180 valence electrons. The molecule has 0 radical (unpaired) electrons. The number of piperidine rings is 1. The molecule has 5 rings (SSSR count). The van der Waals surface area contributed by atoms with Crippen molar-refractivity contribution in [3.8, 4) is 0 Å². The molecule has 2 heterocycles. The van der Waals surface area contributed by atoms with Crippen LogP contribution in [0.2, 0.25) is 0 Å². The number of nitrogens with one attached hydrogen (secondary N) is 1. The molecule has 2 saturated heterocycles. The molecule has 1 aromatic rings. The highest BCUT2D eigenvalue weighted by Gasteiger charge is 2.43. The number of thiocarbonyl (C=S) groups is 1. The lowest BCUT2D eigenvalue weighted by Crippen LogP contribution is -2.43. The van der Waals surface area contributed by atoms with Gasteiger partial charge in [-0.1, -0.05) is 31.0 Å². The van der Waals surface area contributed by atoms with Gasteiger partial charge in [-0.25, -0.2) is 0 Å². The molecule has 3 atom stereocenters. The van der Waals surface area contributed by atoms with Crippen molar-refractivity contribution >= 4 is 45.6 Å². The lowest BCUT2D eigenvalue weighted by atomic mass is 10.0. The Hall–Kier alpha value is -1.31. The van der Waals surface area contributed by atoms with Crippen molar-refractivity contribution in [2.45, 2.75) is 63.8 Å². The first-order chi connectivity index (χ1) is 16.2. The molecule has 4 aliphatic rings. The van der Waals surface area contributed by atoms with E-state index in [9.17, 15) is 0 Å². The fourth-order valence-electron chi connectivity index (χ4n) is 6.24. The lowest BCUT2D eigenvalue weighted by molar-refractivity contribution is 0.208. The number of likely N-dealkylation sites (tertiary alicyclic amines) is 1. The first kappa shape index (κ1) is 23.4. The Bertz CT molecular complexity index is 828. The lowest BCUT2D eigenvalue weighted by Gasteiger charge is -2.37. The minimum atomic E-state index is 0.448. The van der Waals surface area contributed by atoms with Crippen LogP contribution in [-0.4, -0.2) is 53.2 Å². The molecule has 0 bridgehead atoms. The summed E-state index contributed by atoms with van der Waals surface area (Å²) < 4.78 is 0. The van der Waals surface area contributed by atoms with Crippen molar-refractivity contribution in [2.24, 2.45) is 28.5 Å². The van der Waals surface area contributed by atoms with Crippen LogP contribution in [0.4, 0.5) is 11.4 Å². The predicted octanol–water partition coefficient (Wildman–Crippen LogP) is 5.32. The Morgan fingerprint density at radius 2 is 1.73 bits per heavy atom. The fourth-order valence-corrected chi connectivity index (χ4v) is 7.47. The summed E-state index contributed by atoms with van der Waals surface area (Å²) in [4.78, 5) is 9.66. The van der Waals surface area contributed by atoms with Crippen LogP contribution in [0, 0.1) is 17.8 Å². The summed E-state index contributed by atoms with van der Waals surface area (Å²) >= 11 is 7.13. The van der Waals surface area contributed by atoms with E-state index in [2.05, 4.69) is 44.4 Å². The van der Waals surface area contributed by atoms with E-state index >= 15 is 0 Å². The van der Waals surface area contributed by atoms with Gasteiger partial charge in [-0.3, -0.25) is 0 Å². The van der Waals surface area contributed by atoms with Crippen LogP contribution in [0.1, 0.15) is 57.8 Å². The van der Waals surface area contributed by atoms with Crippen molar-refractivity contribution in [1.29, 1.82) is 0 Å². The van der Waals surface area contributed by atoms with Gasteiger partial charge in [-0.2, -0.15) is 4.99 Å². The number of anilines is 2. The van der Waals surface area contributed by atoms with Crippen LogP contribution >= 0.6 is 24.0 Å². The average Bonchev–Trinajstić information content (AvgIpc) is 3.43. The number of nitrogens with zero attached hydrogens (tertiary/aromatic N) is 3. The van der Waals surface area contributed by atoms with Crippen molar-refractivity contribution in [3.05, 3.63) is 24.3 Å². The minimum Gasteiger partial charge on any atom is -0.378 e. The highest BCUT2D eigenvalue weighted by Crippen LogP contribution is 2.52. The monoisotopic (exact) mass is 485 g/mol. The van der Waals surface area contributed by atoms with Crippen LogP contribution in [-0.2, 0) is 0 Å². The van der Waals surface area contributed by atoms with Crippen LogP contribution in [0.3, 0.4) is 0 Å². The number of rotatable bonds is 5. The number of hydrogen-bond donors (Lipinski definition) is 2. The molecule has 3 N–H and O–H groups in total. The third kappa shape index (κ3) is 6.23. The maximum absolute atomic E-state index is 6.20. The molecule has 2 aliphatic carbocycles. The second-order valence-corrected chi connectivity index (χ2v) is 11.8. The Balaban J connectivity index is 1.06. The topological polar surface area (TPSA) is 56.9 Å². The largest absolute Gasteiger partial charge is 0.378 e. The van der Waals surface area contributed by atoms with E-state index in [-0.39, 0.29) is 0 Å². The number of amidine groups is 1. The Kier molecular flexibility index (Phi) is 7.78. The molecule has 7 heteroatoms. The second-order valence-electron chi connectivity index (χ2n) is 10.4. The van der Waals surface area contributed by atoms with Gasteiger partial charge in [0.1, 0.15) is 0 Å². The Morgan fingerprint density at radius 3 is 2.48 bits per heavy atom. The zero-order valence-electron chi connectivity index (χ0n) is 19.8. The molecule has 0 spiro atoms. The highest BCUT2D eigenvalue weighted by molar-refractivity contribution is 8.13. The molecule has 0 amide bonds. The summed E-state index contributed by atoms with van der Waals surface area (Å²) in [7, 11) is 0. The third-order valence-electron chi connectivity index (χ3n) is 8.24. The SMILES string of the molecule is N/C(=N\C(=S)Nc1ccc(N2CCC(N3CCCC3)CC2)cc1)SCC1CCCCC2CC12. The van der Waals surface area contributed by atoms with E-state index in [1.54, 1.807) is 11.8 Å². The zero-order chi connectivity index (χ0) is 22.6. The molecular formula is C26H39N5S2. The number of aliphatic imine (C=N–C) groups is 1. The normalized spacial score (nSPS) is 28.9. The fraction of sp³-hybridized carbons (Fsp3) is 0.692. The van der Waals surface area contributed by atoms with E-state index in [1.165, 1.54) is 76.6 Å². The van der Waals surface area contributed by atoms with Gasteiger partial charge in [0, 0.05) is 36.3 Å². The molecule has 33 heavy (non-hydrogen) atoms. The summed E-state index contributed by atoms with van der Waals surface area (Å²) in [5.41, 5.74) is 8.47. The van der Waals surface area contributed by atoms with E-state index in [0.717, 1.165) is 48.3 Å². The Labute approximate surface area is 208 Å². The van der Waals surface area contributed by atoms with E-state index < -0.39 is 0 Å². The molecule has 2 saturated carbocycles. The smallest absolute Gasteiger partial charge is 0.199 e. The molecule has 4 fully saturated rings. The van der Waals surface area contributed by atoms with Gasteiger partial charge < -0.3 is 20.9 Å². The average molecular weight is 486 g/mol. The number of benzene rings is 1. The summed E-state index contributed by atoms with van der Waals surface area (Å²) in [6.45, 7) is 4.90. The van der Waals surface area contributed by atoms with Crippen molar-refractivity contribution in [3.63, 3.8) is 0 Å².